The van der Waals surface area contributed by atoms with Gasteiger partial charge in [0, 0.05) is 26.2 Å². The van der Waals surface area contributed by atoms with E-state index < -0.39 is 0 Å². The van der Waals surface area contributed by atoms with Crippen molar-refractivity contribution in [3.8, 4) is 0 Å². The van der Waals surface area contributed by atoms with Crippen molar-refractivity contribution in [2.45, 2.75) is 0 Å². The quantitative estimate of drug-likeness (QED) is 0.840. The second-order valence-corrected chi connectivity index (χ2v) is 3.86. The number of hydrogen-bond acceptors (Lipinski definition) is 3. The van der Waals surface area contributed by atoms with Crippen molar-refractivity contribution in [2.75, 3.05) is 44.7 Å². The summed E-state index contributed by atoms with van der Waals surface area (Å²) in [5.41, 5.74) is 0.579. The summed E-state index contributed by atoms with van der Waals surface area (Å²) in [6.07, 6.45) is 0. The van der Waals surface area contributed by atoms with Crippen molar-refractivity contribution in [1.29, 1.82) is 0 Å². The van der Waals surface area contributed by atoms with Crippen molar-refractivity contribution in [3.05, 3.63) is 30.1 Å². The van der Waals surface area contributed by atoms with Gasteiger partial charge in [-0.15, -0.1) is 0 Å². The van der Waals surface area contributed by atoms with E-state index in [-0.39, 0.29) is 5.82 Å². The van der Waals surface area contributed by atoms with Gasteiger partial charge in [-0.25, -0.2) is 4.39 Å². The lowest BCUT2D eigenvalue weighted by molar-refractivity contribution is 0.0398. The predicted octanol–water partition coefficient (Wildman–Crippen LogP) is 1.57. The molecule has 1 fully saturated rings. The smallest absolute Gasteiger partial charge is 0.146 e. The zero-order valence-corrected chi connectivity index (χ0v) is 9.29. The summed E-state index contributed by atoms with van der Waals surface area (Å²) in [4.78, 5) is 2.32. The zero-order valence-electron chi connectivity index (χ0n) is 9.29. The minimum atomic E-state index is -0.190. The summed E-state index contributed by atoms with van der Waals surface area (Å²) >= 11 is 0. The highest BCUT2D eigenvalue weighted by molar-refractivity contribution is 5.44. The Morgan fingerprint density at radius 3 is 2.75 bits per heavy atom. The molecule has 0 aliphatic carbocycles. The highest BCUT2D eigenvalue weighted by atomic mass is 19.1. The Labute approximate surface area is 95.2 Å². The van der Waals surface area contributed by atoms with E-state index in [4.69, 9.17) is 4.74 Å². The standard InChI is InChI=1S/C12H17FN2O/c13-11-3-1-2-4-12(11)14-5-6-15-7-9-16-10-8-15/h1-4,14H,5-10H2. The maximum atomic E-state index is 13.3. The van der Waals surface area contributed by atoms with Gasteiger partial charge in [0.25, 0.3) is 0 Å². The van der Waals surface area contributed by atoms with E-state index in [1.54, 1.807) is 12.1 Å². The summed E-state index contributed by atoms with van der Waals surface area (Å²) in [5.74, 6) is -0.190. The molecule has 16 heavy (non-hydrogen) atoms. The van der Waals surface area contributed by atoms with Crippen LogP contribution in [0.5, 0.6) is 0 Å². The summed E-state index contributed by atoms with van der Waals surface area (Å²) in [5, 5.41) is 3.10. The van der Waals surface area contributed by atoms with Crippen molar-refractivity contribution in [1.82, 2.24) is 4.90 Å². The molecule has 0 bridgehead atoms. The van der Waals surface area contributed by atoms with E-state index in [1.807, 2.05) is 6.07 Å². The first-order chi connectivity index (χ1) is 7.86. The van der Waals surface area contributed by atoms with Gasteiger partial charge in [0.15, 0.2) is 0 Å². The Balaban J connectivity index is 1.73. The molecule has 0 saturated carbocycles. The summed E-state index contributed by atoms with van der Waals surface area (Å²) in [7, 11) is 0. The maximum absolute atomic E-state index is 13.3. The lowest BCUT2D eigenvalue weighted by Crippen LogP contribution is -2.39. The maximum Gasteiger partial charge on any atom is 0.146 e. The van der Waals surface area contributed by atoms with E-state index in [9.17, 15) is 4.39 Å². The van der Waals surface area contributed by atoms with Gasteiger partial charge in [0.05, 0.1) is 18.9 Å². The summed E-state index contributed by atoms with van der Waals surface area (Å²) in [6, 6.07) is 6.76. The highest BCUT2D eigenvalue weighted by Crippen LogP contribution is 2.11. The van der Waals surface area contributed by atoms with Gasteiger partial charge >= 0.3 is 0 Å². The van der Waals surface area contributed by atoms with Crippen molar-refractivity contribution in [2.24, 2.45) is 0 Å². The molecule has 0 aromatic heterocycles. The van der Waals surface area contributed by atoms with Crippen LogP contribution in [0.2, 0.25) is 0 Å². The fourth-order valence-corrected chi connectivity index (χ4v) is 1.78. The van der Waals surface area contributed by atoms with Crippen LogP contribution in [-0.2, 0) is 4.74 Å². The number of anilines is 1. The topological polar surface area (TPSA) is 24.5 Å². The normalized spacial score (nSPS) is 17.3. The second kappa shape index (κ2) is 5.82. The largest absolute Gasteiger partial charge is 0.381 e. The number of para-hydroxylation sites is 1. The Kier molecular flexibility index (Phi) is 4.13. The van der Waals surface area contributed by atoms with E-state index >= 15 is 0 Å². The zero-order chi connectivity index (χ0) is 11.2. The third-order valence-electron chi connectivity index (χ3n) is 2.72. The molecule has 0 amide bonds. The van der Waals surface area contributed by atoms with Crippen molar-refractivity contribution < 1.29 is 9.13 Å². The molecule has 1 N–H and O–H groups in total. The Morgan fingerprint density at radius 2 is 2.00 bits per heavy atom. The predicted molar refractivity (Wildman–Crippen MR) is 62.1 cm³/mol. The SMILES string of the molecule is Fc1ccccc1NCCN1CCOCC1. The molecule has 4 heteroatoms. The third-order valence-corrected chi connectivity index (χ3v) is 2.72. The van der Waals surface area contributed by atoms with Crippen LogP contribution in [-0.4, -0.2) is 44.3 Å². The van der Waals surface area contributed by atoms with Gasteiger partial charge < -0.3 is 10.1 Å². The van der Waals surface area contributed by atoms with Gasteiger partial charge in [0.2, 0.25) is 0 Å². The molecule has 2 rings (SSSR count). The highest BCUT2D eigenvalue weighted by Gasteiger charge is 2.09. The van der Waals surface area contributed by atoms with Crippen LogP contribution >= 0.6 is 0 Å². The van der Waals surface area contributed by atoms with E-state index in [0.717, 1.165) is 39.4 Å². The first-order valence-corrected chi connectivity index (χ1v) is 5.65. The van der Waals surface area contributed by atoms with E-state index in [1.165, 1.54) is 6.07 Å². The molecule has 1 heterocycles. The molecule has 0 atom stereocenters. The number of halogens is 1. The first-order valence-electron chi connectivity index (χ1n) is 5.65. The molecule has 3 nitrogen and oxygen atoms in total. The molecule has 1 aromatic rings. The van der Waals surface area contributed by atoms with Gasteiger partial charge in [-0.1, -0.05) is 12.1 Å². The molecule has 1 aliphatic heterocycles. The molecule has 0 radical (unpaired) electrons. The average molecular weight is 224 g/mol. The minimum absolute atomic E-state index is 0.190. The number of ether oxygens (including phenoxy) is 1. The third kappa shape index (κ3) is 3.18. The molecule has 0 spiro atoms. The minimum Gasteiger partial charge on any atom is -0.381 e. The lowest BCUT2D eigenvalue weighted by Gasteiger charge is -2.26. The van der Waals surface area contributed by atoms with Crippen LogP contribution in [0.4, 0.5) is 10.1 Å². The fourth-order valence-electron chi connectivity index (χ4n) is 1.78. The van der Waals surface area contributed by atoms with Gasteiger partial charge in [0.1, 0.15) is 5.82 Å². The Morgan fingerprint density at radius 1 is 1.25 bits per heavy atom. The molecular formula is C12H17FN2O. The number of nitrogens with zero attached hydrogens (tertiary/aromatic N) is 1. The van der Waals surface area contributed by atoms with Crippen LogP contribution in [0.3, 0.4) is 0 Å². The second-order valence-electron chi connectivity index (χ2n) is 3.86. The van der Waals surface area contributed by atoms with Gasteiger partial charge in [-0.05, 0) is 12.1 Å². The average Bonchev–Trinajstić information content (AvgIpc) is 2.33. The fraction of sp³-hybridized carbons (Fsp3) is 0.500. The molecule has 1 aromatic carbocycles. The summed E-state index contributed by atoms with van der Waals surface area (Å²) in [6.45, 7) is 5.25. The number of nitrogens with one attached hydrogen (secondary N) is 1. The Bertz CT molecular complexity index is 327. The Hall–Kier alpha value is -1.13. The number of hydrogen-bond donors (Lipinski definition) is 1. The monoisotopic (exact) mass is 224 g/mol. The molecule has 1 saturated heterocycles. The van der Waals surface area contributed by atoms with Crippen LogP contribution < -0.4 is 5.32 Å². The van der Waals surface area contributed by atoms with E-state index in [0.29, 0.717) is 5.69 Å². The number of rotatable bonds is 4. The van der Waals surface area contributed by atoms with Crippen LogP contribution in [0.15, 0.2) is 24.3 Å². The van der Waals surface area contributed by atoms with E-state index in [2.05, 4.69) is 10.2 Å². The van der Waals surface area contributed by atoms with Crippen LogP contribution in [0.25, 0.3) is 0 Å². The lowest BCUT2D eigenvalue weighted by atomic mass is 10.3. The molecule has 1 aliphatic rings. The summed E-state index contributed by atoms with van der Waals surface area (Å²) < 4.78 is 18.5. The van der Waals surface area contributed by atoms with Crippen molar-refractivity contribution >= 4 is 5.69 Å². The van der Waals surface area contributed by atoms with Gasteiger partial charge in [-0.2, -0.15) is 0 Å². The number of benzene rings is 1. The molecule has 0 unspecified atom stereocenters. The first kappa shape index (κ1) is 11.4. The van der Waals surface area contributed by atoms with Crippen LogP contribution in [0, 0.1) is 5.82 Å². The molecule has 88 valence electrons. The number of morpholine rings is 1. The van der Waals surface area contributed by atoms with Gasteiger partial charge in [-0.3, -0.25) is 4.90 Å². The van der Waals surface area contributed by atoms with Crippen molar-refractivity contribution in [3.63, 3.8) is 0 Å². The van der Waals surface area contributed by atoms with Crippen LogP contribution in [0.1, 0.15) is 0 Å². The molecular weight excluding hydrogens is 207 g/mol.